The average molecular weight is 363 g/mol. The zero-order valence-electron chi connectivity index (χ0n) is 13.1. The molecule has 1 nitrogen and oxygen atoms in total. The summed E-state index contributed by atoms with van der Waals surface area (Å²) in [6.07, 6.45) is 0.277. The molecule has 0 unspecified atom stereocenters. The summed E-state index contributed by atoms with van der Waals surface area (Å²) in [5.41, 5.74) is 1.02. The fraction of sp³-hybridized carbons (Fsp3) is 0.100. The number of ether oxygens (including phenoxy) is 1. The van der Waals surface area contributed by atoms with Gasteiger partial charge in [0.25, 0.3) is 0 Å². The Morgan fingerprint density at radius 1 is 0.760 bits per heavy atom. The minimum absolute atomic E-state index is 0.144. The molecule has 3 rings (SSSR count). The third-order valence-electron chi connectivity index (χ3n) is 3.80. The van der Waals surface area contributed by atoms with Crippen molar-refractivity contribution in [3.05, 3.63) is 99.8 Å². The molecule has 0 radical (unpaired) electrons. The number of rotatable bonds is 5. The molecule has 0 bridgehead atoms. The molecule has 0 aromatic heterocycles. The van der Waals surface area contributed by atoms with E-state index in [1.165, 1.54) is 24.3 Å². The molecule has 0 fully saturated rings. The minimum Gasteiger partial charge on any atom is -0.488 e. The van der Waals surface area contributed by atoms with Gasteiger partial charge in [-0.2, -0.15) is 0 Å². The SMILES string of the molecule is Fc1cc(Cl)ccc1Cc1ccccc1OCc1c(F)cccc1F. The van der Waals surface area contributed by atoms with Crippen molar-refractivity contribution >= 4 is 11.6 Å². The largest absolute Gasteiger partial charge is 0.488 e. The third-order valence-corrected chi connectivity index (χ3v) is 4.04. The first-order chi connectivity index (χ1) is 12.0. The highest BCUT2D eigenvalue weighted by Crippen LogP contribution is 2.25. The van der Waals surface area contributed by atoms with E-state index in [1.807, 2.05) is 0 Å². The van der Waals surface area contributed by atoms with Crippen LogP contribution >= 0.6 is 11.6 Å². The van der Waals surface area contributed by atoms with Gasteiger partial charge in [0.1, 0.15) is 29.8 Å². The first-order valence-electron chi connectivity index (χ1n) is 7.62. The Hall–Kier alpha value is -2.46. The van der Waals surface area contributed by atoms with E-state index in [-0.39, 0.29) is 18.6 Å². The molecule has 0 saturated heterocycles. The smallest absolute Gasteiger partial charge is 0.132 e. The van der Waals surface area contributed by atoms with E-state index in [1.54, 1.807) is 36.4 Å². The maximum atomic E-state index is 14.0. The lowest BCUT2D eigenvalue weighted by molar-refractivity contribution is 0.290. The highest BCUT2D eigenvalue weighted by atomic mass is 35.5. The Balaban J connectivity index is 1.81. The van der Waals surface area contributed by atoms with Crippen molar-refractivity contribution in [2.45, 2.75) is 13.0 Å². The van der Waals surface area contributed by atoms with Crippen LogP contribution in [0, 0.1) is 17.5 Å². The topological polar surface area (TPSA) is 9.23 Å². The zero-order chi connectivity index (χ0) is 17.8. The fourth-order valence-electron chi connectivity index (χ4n) is 2.48. The van der Waals surface area contributed by atoms with Gasteiger partial charge in [0.2, 0.25) is 0 Å². The van der Waals surface area contributed by atoms with Crippen LogP contribution in [-0.2, 0) is 13.0 Å². The van der Waals surface area contributed by atoms with Crippen LogP contribution < -0.4 is 4.74 Å². The van der Waals surface area contributed by atoms with Crippen molar-refractivity contribution in [1.82, 2.24) is 0 Å². The normalized spacial score (nSPS) is 10.7. The molecule has 0 aliphatic heterocycles. The van der Waals surface area contributed by atoms with Gasteiger partial charge >= 0.3 is 0 Å². The zero-order valence-corrected chi connectivity index (χ0v) is 13.9. The maximum absolute atomic E-state index is 14.0. The van der Waals surface area contributed by atoms with Crippen LogP contribution in [0.5, 0.6) is 5.75 Å². The third kappa shape index (κ3) is 4.15. The number of hydrogen-bond donors (Lipinski definition) is 0. The van der Waals surface area contributed by atoms with Gasteiger partial charge < -0.3 is 4.74 Å². The van der Waals surface area contributed by atoms with Crippen molar-refractivity contribution in [1.29, 1.82) is 0 Å². The maximum Gasteiger partial charge on any atom is 0.132 e. The van der Waals surface area contributed by atoms with Crippen LogP contribution in [0.1, 0.15) is 16.7 Å². The Labute approximate surface area is 148 Å². The van der Waals surface area contributed by atoms with Crippen molar-refractivity contribution in [3.63, 3.8) is 0 Å². The van der Waals surface area contributed by atoms with Crippen LogP contribution in [0.4, 0.5) is 13.2 Å². The quantitative estimate of drug-likeness (QED) is 0.547. The molecule has 0 N–H and O–H groups in total. The second kappa shape index (κ2) is 7.62. The van der Waals surface area contributed by atoms with Gasteiger partial charge in [-0.25, -0.2) is 13.2 Å². The van der Waals surface area contributed by atoms with Crippen LogP contribution in [0.25, 0.3) is 0 Å². The summed E-state index contributed by atoms with van der Waals surface area (Å²) in [4.78, 5) is 0. The molecule has 0 aliphatic rings. The lowest BCUT2D eigenvalue weighted by Gasteiger charge is -2.13. The molecule has 5 heteroatoms. The number of para-hydroxylation sites is 1. The van der Waals surface area contributed by atoms with E-state index >= 15 is 0 Å². The first-order valence-corrected chi connectivity index (χ1v) is 8.00. The van der Waals surface area contributed by atoms with Gasteiger partial charge in [0, 0.05) is 11.4 Å². The second-order valence-electron chi connectivity index (χ2n) is 5.51. The Bertz CT molecular complexity index is 876. The highest BCUT2D eigenvalue weighted by molar-refractivity contribution is 6.30. The number of hydrogen-bond acceptors (Lipinski definition) is 1. The molecule has 0 atom stereocenters. The van der Waals surface area contributed by atoms with E-state index in [4.69, 9.17) is 16.3 Å². The molecular weight excluding hydrogens is 349 g/mol. The van der Waals surface area contributed by atoms with Crippen molar-refractivity contribution < 1.29 is 17.9 Å². The highest BCUT2D eigenvalue weighted by Gasteiger charge is 2.12. The molecule has 0 saturated carbocycles. The summed E-state index contributed by atoms with van der Waals surface area (Å²) in [6, 6.07) is 15.1. The fourth-order valence-corrected chi connectivity index (χ4v) is 2.64. The summed E-state index contributed by atoms with van der Waals surface area (Å²) in [5, 5.41) is 0.320. The van der Waals surface area contributed by atoms with Gasteiger partial charge in [0.15, 0.2) is 0 Å². The van der Waals surface area contributed by atoms with E-state index in [2.05, 4.69) is 0 Å². The van der Waals surface area contributed by atoms with Gasteiger partial charge in [-0.3, -0.25) is 0 Å². The minimum atomic E-state index is -0.666. The first kappa shape index (κ1) is 17.4. The summed E-state index contributed by atoms with van der Waals surface area (Å²) < 4.78 is 47.0. The summed E-state index contributed by atoms with van der Waals surface area (Å²) in [5.74, 6) is -1.30. The Morgan fingerprint density at radius 2 is 1.48 bits per heavy atom. The van der Waals surface area contributed by atoms with Crippen LogP contribution in [-0.4, -0.2) is 0 Å². The predicted molar refractivity (Wildman–Crippen MR) is 91.3 cm³/mol. The van der Waals surface area contributed by atoms with Crippen molar-refractivity contribution in [2.24, 2.45) is 0 Å². The summed E-state index contributed by atoms with van der Waals surface area (Å²) >= 11 is 5.76. The molecule has 25 heavy (non-hydrogen) atoms. The van der Waals surface area contributed by atoms with Gasteiger partial charge in [-0.15, -0.1) is 0 Å². The lowest BCUT2D eigenvalue weighted by Crippen LogP contribution is -2.04. The standard InChI is InChI=1S/C20H14ClF3O/c21-15-9-8-13(19(24)11-15)10-14-4-1-2-7-20(14)25-12-16-17(22)5-3-6-18(16)23/h1-9,11H,10,12H2. The van der Waals surface area contributed by atoms with Crippen LogP contribution in [0.15, 0.2) is 60.7 Å². The average Bonchev–Trinajstić information content (AvgIpc) is 2.58. The summed E-state index contributed by atoms with van der Waals surface area (Å²) in [7, 11) is 0. The molecular formula is C20H14ClF3O. The second-order valence-corrected chi connectivity index (χ2v) is 5.95. The Morgan fingerprint density at radius 3 is 2.20 bits per heavy atom. The van der Waals surface area contributed by atoms with Gasteiger partial charge in [-0.05, 0) is 41.5 Å². The predicted octanol–water partition coefficient (Wildman–Crippen LogP) is 5.93. The van der Waals surface area contributed by atoms with E-state index < -0.39 is 17.5 Å². The van der Waals surface area contributed by atoms with E-state index in [0.717, 1.165) is 0 Å². The number of benzene rings is 3. The Kier molecular flexibility index (Phi) is 5.29. The van der Waals surface area contributed by atoms with Crippen molar-refractivity contribution in [3.8, 4) is 5.75 Å². The monoisotopic (exact) mass is 362 g/mol. The van der Waals surface area contributed by atoms with Gasteiger partial charge in [0.05, 0.1) is 5.56 Å². The van der Waals surface area contributed by atoms with Gasteiger partial charge in [-0.1, -0.05) is 41.9 Å². The molecule has 3 aromatic rings. The van der Waals surface area contributed by atoms with E-state index in [0.29, 0.717) is 21.9 Å². The molecule has 128 valence electrons. The lowest BCUT2D eigenvalue weighted by atomic mass is 10.0. The molecule has 0 heterocycles. The van der Waals surface area contributed by atoms with Crippen LogP contribution in [0.3, 0.4) is 0 Å². The molecule has 0 amide bonds. The van der Waals surface area contributed by atoms with Crippen molar-refractivity contribution in [2.75, 3.05) is 0 Å². The van der Waals surface area contributed by atoms with E-state index in [9.17, 15) is 13.2 Å². The molecule has 3 aromatic carbocycles. The number of halogens is 4. The van der Waals surface area contributed by atoms with Crippen LogP contribution in [0.2, 0.25) is 5.02 Å². The molecule has 0 aliphatic carbocycles. The summed E-state index contributed by atoms with van der Waals surface area (Å²) in [6.45, 7) is -0.251. The molecule has 0 spiro atoms.